The summed E-state index contributed by atoms with van der Waals surface area (Å²) in [6.45, 7) is 1.89. The lowest BCUT2D eigenvalue weighted by Gasteiger charge is -2.34. The van der Waals surface area contributed by atoms with E-state index in [9.17, 15) is 4.79 Å². The number of aryl methyl sites for hydroxylation is 1. The van der Waals surface area contributed by atoms with Crippen LogP contribution >= 0.6 is 11.3 Å². The zero-order valence-electron chi connectivity index (χ0n) is 17.1. The van der Waals surface area contributed by atoms with Crippen LogP contribution in [0.3, 0.4) is 0 Å². The van der Waals surface area contributed by atoms with Gasteiger partial charge in [-0.25, -0.2) is 4.98 Å². The standard InChI is InChI=1S/C23H21N3O4S/c1-14-9-16(3-8-21(14)30-23-25-13-20(12-24)31-23)26-22(27)15-10-19(11-15)29-18-6-4-17(28-2)5-7-18/h3-9,13,15,19H,10-11H2,1-2H3,(H,26,27). The highest BCUT2D eigenvalue weighted by Gasteiger charge is 2.36. The van der Waals surface area contributed by atoms with E-state index in [4.69, 9.17) is 19.5 Å². The monoisotopic (exact) mass is 435 g/mol. The normalized spacial score (nSPS) is 17.2. The fourth-order valence-corrected chi connectivity index (χ4v) is 3.84. The van der Waals surface area contributed by atoms with Gasteiger partial charge >= 0.3 is 0 Å². The van der Waals surface area contributed by atoms with Gasteiger partial charge in [-0.3, -0.25) is 4.79 Å². The van der Waals surface area contributed by atoms with Crippen LogP contribution in [0.2, 0.25) is 0 Å². The number of hydrogen-bond donors (Lipinski definition) is 1. The van der Waals surface area contributed by atoms with Gasteiger partial charge in [0.05, 0.1) is 13.3 Å². The second-order valence-electron chi connectivity index (χ2n) is 7.26. The first-order chi connectivity index (χ1) is 15.0. The summed E-state index contributed by atoms with van der Waals surface area (Å²) in [7, 11) is 1.62. The Balaban J connectivity index is 1.28. The number of anilines is 1. The van der Waals surface area contributed by atoms with Crippen LogP contribution in [0.25, 0.3) is 0 Å². The summed E-state index contributed by atoms with van der Waals surface area (Å²) in [6, 6.07) is 14.9. The smallest absolute Gasteiger partial charge is 0.279 e. The maximum Gasteiger partial charge on any atom is 0.279 e. The van der Waals surface area contributed by atoms with Crippen molar-refractivity contribution in [1.82, 2.24) is 4.98 Å². The van der Waals surface area contributed by atoms with E-state index in [1.165, 1.54) is 17.5 Å². The van der Waals surface area contributed by atoms with Crippen molar-refractivity contribution in [3.05, 3.63) is 59.1 Å². The van der Waals surface area contributed by atoms with Crippen LogP contribution in [0.15, 0.2) is 48.7 Å². The minimum absolute atomic E-state index is 0.0127. The molecule has 0 spiro atoms. The lowest BCUT2D eigenvalue weighted by Crippen LogP contribution is -2.40. The maximum atomic E-state index is 12.5. The second-order valence-corrected chi connectivity index (χ2v) is 8.25. The predicted molar refractivity (Wildman–Crippen MR) is 117 cm³/mol. The molecule has 0 radical (unpaired) electrons. The fraction of sp³-hybridized carbons (Fsp3) is 0.261. The molecule has 1 N–H and O–H groups in total. The summed E-state index contributed by atoms with van der Waals surface area (Å²) in [4.78, 5) is 17.1. The lowest BCUT2D eigenvalue weighted by molar-refractivity contribution is -0.125. The van der Waals surface area contributed by atoms with Gasteiger partial charge < -0.3 is 19.5 Å². The lowest BCUT2D eigenvalue weighted by atomic mass is 9.81. The van der Waals surface area contributed by atoms with Crippen molar-refractivity contribution in [2.24, 2.45) is 5.92 Å². The maximum absolute atomic E-state index is 12.5. The van der Waals surface area contributed by atoms with Gasteiger partial charge in [-0.05, 0) is 67.8 Å². The van der Waals surface area contributed by atoms with Gasteiger partial charge in [0.25, 0.3) is 5.19 Å². The third kappa shape index (κ3) is 4.95. The predicted octanol–water partition coefficient (Wildman–Crippen LogP) is 4.92. The Morgan fingerprint density at radius 1 is 1.19 bits per heavy atom. The number of nitriles is 1. The Labute approximate surface area is 184 Å². The number of methoxy groups -OCH3 is 1. The summed E-state index contributed by atoms with van der Waals surface area (Å²) in [5, 5.41) is 12.3. The van der Waals surface area contributed by atoms with Crippen LogP contribution in [0.1, 0.15) is 23.3 Å². The van der Waals surface area contributed by atoms with Gasteiger partial charge in [-0.2, -0.15) is 5.26 Å². The number of nitrogens with zero attached hydrogens (tertiary/aromatic N) is 2. The van der Waals surface area contributed by atoms with E-state index in [2.05, 4.69) is 10.3 Å². The van der Waals surface area contributed by atoms with Crippen molar-refractivity contribution < 1.29 is 19.0 Å². The second kappa shape index (κ2) is 9.06. The van der Waals surface area contributed by atoms with E-state index in [-0.39, 0.29) is 17.9 Å². The Hall–Kier alpha value is -3.57. The topological polar surface area (TPSA) is 93.5 Å². The Bertz CT molecular complexity index is 1110. The van der Waals surface area contributed by atoms with Gasteiger partial charge in [0.1, 0.15) is 34.3 Å². The highest BCUT2D eigenvalue weighted by molar-refractivity contribution is 7.13. The van der Waals surface area contributed by atoms with Crippen molar-refractivity contribution in [1.29, 1.82) is 5.26 Å². The quantitative estimate of drug-likeness (QED) is 0.566. The first-order valence-electron chi connectivity index (χ1n) is 9.80. The molecule has 3 aromatic rings. The van der Waals surface area contributed by atoms with Gasteiger partial charge in [-0.1, -0.05) is 11.3 Å². The average Bonchev–Trinajstić information content (AvgIpc) is 3.20. The van der Waals surface area contributed by atoms with Crippen LogP contribution in [0.5, 0.6) is 22.4 Å². The fourth-order valence-electron chi connectivity index (χ4n) is 3.26. The molecule has 1 saturated carbocycles. The largest absolute Gasteiger partial charge is 0.497 e. The van der Waals surface area contributed by atoms with E-state index in [1.54, 1.807) is 19.2 Å². The van der Waals surface area contributed by atoms with Crippen LogP contribution in [0, 0.1) is 24.2 Å². The molecule has 0 bridgehead atoms. The first kappa shape index (κ1) is 20.7. The molecule has 1 amide bonds. The van der Waals surface area contributed by atoms with Crippen molar-refractivity contribution in [3.8, 4) is 28.5 Å². The molecular weight excluding hydrogens is 414 g/mol. The SMILES string of the molecule is COc1ccc(OC2CC(C(=O)Nc3ccc(Oc4ncc(C#N)s4)c(C)c3)C2)cc1. The summed E-state index contributed by atoms with van der Waals surface area (Å²) in [5.41, 5.74) is 1.58. The molecule has 2 aromatic carbocycles. The molecule has 1 fully saturated rings. The molecule has 1 aromatic heterocycles. The van der Waals surface area contributed by atoms with Gasteiger partial charge in [0.15, 0.2) is 0 Å². The number of carbonyl (C=O) groups excluding carboxylic acids is 1. The van der Waals surface area contributed by atoms with E-state index in [1.807, 2.05) is 43.3 Å². The molecule has 0 saturated heterocycles. The number of thiazole rings is 1. The Morgan fingerprint density at radius 2 is 1.94 bits per heavy atom. The van der Waals surface area contributed by atoms with Crippen molar-refractivity contribution in [2.45, 2.75) is 25.9 Å². The van der Waals surface area contributed by atoms with E-state index >= 15 is 0 Å². The van der Waals surface area contributed by atoms with Crippen LogP contribution < -0.4 is 19.5 Å². The number of rotatable bonds is 7. The molecule has 1 aliphatic rings. The minimum Gasteiger partial charge on any atom is -0.497 e. The van der Waals surface area contributed by atoms with Crippen LogP contribution in [-0.4, -0.2) is 24.1 Å². The molecule has 8 heteroatoms. The van der Waals surface area contributed by atoms with Gasteiger partial charge in [0, 0.05) is 11.6 Å². The molecule has 1 aliphatic carbocycles. The molecule has 7 nitrogen and oxygen atoms in total. The zero-order valence-corrected chi connectivity index (χ0v) is 17.9. The molecule has 0 unspecified atom stereocenters. The first-order valence-corrected chi connectivity index (χ1v) is 10.6. The number of carbonyl (C=O) groups is 1. The minimum atomic E-state index is -0.0702. The number of amides is 1. The van der Waals surface area contributed by atoms with E-state index < -0.39 is 0 Å². The van der Waals surface area contributed by atoms with Gasteiger partial charge in [-0.15, -0.1) is 0 Å². The van der Waals surface area contributed by atoms with Crippen LogP contribution in [0.4, 0.5) is 5.69 Å². The summed E-state index contributed by atoms with van der Waals surface area (Å²) < 4.78 is 16.8. The number of ether oxygens (including phenoxy) is 3. The van der Waals surface area contributed by atoms with Crippen LogP contribution in [-0.2, 0) is 4.79 Å². The van der Waals surface area contributed by atoms with E-state index in [0.717, 1.165) is 17.1 Å². The number of nitrogens with one attached hydrogen (secondary N) is 1. The Kier molecular flexibility index (Phi) is 6.05. The van der Waals surface area contributed by atoms with Crippen molar-refractivity contribution in [3.63, 3.8) is 0 Å². The average molecular weight is 436 g/mol. The summed E-state index contributed by atoms with van der Waals surface area (Å²) >= 11 is 1.19. The molecule has 4 rings (SSSR count). The summed E-state index contributed by atoms with van der Waals surface area (Å²) in [5.74, 6) is 2.11. The third-order valence-corrected chi connectivity index (χ3v) is 5.84. The molecule has 0 aliphatic heterocycles. The molecule has 158 valence electrons. The molecule has 31 heavy (non-hydrogen) atoms. The molecule has 0 atom stereocenters. The number of aromatic nitrogens is 1. The summed E-state index contributed by atoms with van der Waals surface area (Å²) in [6.07, 6.45) is 2.89. The number of benzene rings is 2. The van der Waals surface area contributed by atoms with E-state index in [0.29, 0.717) is 34.3 Å². The number of hydrogen-bond acceptors (Lipinski definition) is 7. The molecule has 1 heterocycles. The highest BCUT2D eigenvalue weighted by Crippen LogP contribution is 2.34. The third-order valence-electron chi connectivity index (χ3n) is 5.06. The van der Waals surface area contributed by atoms with Gasteiger partial charge in [0.2, 0.25) is 5.91 Å². The Morgan fingerprint density at radius 3 is 2.58 bits per heavy atom. The van der Waals surface area contributed by atoms with Crippen molar-refractivity contribution in [2.75, 3.05) is 12.4 Å². The highest BCUT2D eigenvalue weighted by atomic mass is 32.1. The molecular formula is C23H21N3O4S. The van der Waals surface area contributed by atoms with Crippen molar-refractivity contribution >= 4 is 22.9 Å². The zero-order chi connectivity index (χ0) is 21.8.